The number of methoxy groups -OCH3 is 2. The molecule has 0 fully saturated rings. The first kappa shape index (κ1) is 20.5. The lowest BCUT2D eigenvalue weighted by atomic mass is 10.1. The van der Waals surface area contributed by atoms with Crippen LogP contribution < -0.4 is 14.9 Å². The highest BCUT2D eigenvalue weighted by molar-refractivity contribution is 5.97. The number of aromatic nitrogens is 3. The number of nitro groups is 1. The van der Waals surface area contributed by atoms with E-state index in [4.69, 9.17) is 9.47 Å². The first-order chi connectivity index (χ1) is 14.5. The molecule has 1 N–H and O–H groups in total. The zero-order valence-corrected chi connectivity index (χ0v) is 16.2. The monoisotopic (exact) mass is 410 g/mol. The number of nitrogens with zero attached hydrogens (tertiary/aromatic N) is 5. The fourth-order valence-electron chi connectivity index (χ4n) is 2.68. The van der Waals surface area contributed by atoms with Crippen LogP contribution in [0.5, 0.6) is 11.5 Å². The van der Waals surface area contributed by atoms with Gasteiger partial charge in [0, 0.05) is 10.7 Å². The largest absolute Gasteiger partial charge is 0.496 e. The van der Waals surface area contributed by atoms with Crippen molar-refractivity contribution in [2.45, 2.75) is 6.54 Å². The van der Waals surface area contributed by atoms with Gasteiger partial charge in [-0.15, -0.1) is 0 Å². The van der Waals surface area contributed by atoms with E-state index >= 15 is 0 Å². The van der Waals surface area contributed by atoms with E-state index in [2.05, 4.69) is 20.6 Å². The van der Waals surface area contributed by atoms with Crippen molar-refractivity contribution in [2.75, 3.05) is 14.2 Å². The summed E-state index contributed by atoms with van der Waals surface area (Å²) >= 11 is 0. The van der Waals surface area contributed by atoms with Gasteiger partial charge >= 0.3 is 5.95 Å². The summed E-state index contributed by atoms with van der Waals surface area (Å²) in [5.41, 5.74) is 4.20. The topological polar surface area (TPSA) is 134 Å². The van der Waals surface area contributed by atoms with Crippen LogP contribution in [0.1, 0.15) is 21.5 Å². The Morgan fingerprint density at radius 1 is 1.23 bits per heavy atom. The first-order valence-corrected chi connectivity index (χ1v) is 8.69. The molecule has 0 atom stereocenters. The SMILES string of the molecule is COc1ccc(/C=N\NC(=O)c2ccccc2OC)cc1Cn1cnc([N+](=O)[O-])n1. The molecule has 30 heavy (non-hydrogen) atoms. The minimum atomic E-state index is -0.665. The van der Waals surface area contributed by atoms with Crippen LogP contribution in [0.2, 0.25) is 0 Å². The van der Waals surface area contributed by atoms with Crippen LogP contribution in [0.25, 0.3) is 0 Å². The van der Waals surface area contributed by atoms with E-state index in [-0.39, 0.29) is 6.54 Å². The van der Waals surface area contributed by atoms with Gasteiger partial charge < -0.3 is 19.6 Å². The number of ether oxygens (including phenoxy) is 2. The number of hydrogen-bond donors (Lipinski definition) is 1. The lowest BCUT2D eigenvalue weighted by Crippen LogP contribution is -2.18. The molecule has 3 aromatic rings. The molecule has 1 amide bonds. The zero-order chi connectivity index (χ0) is 21.5. The lowest BCUT2D eigenvalue weighted by molar-refractivity contribution is -0.394. The Bertz CT molecular complexity index is 1090. The molecule has 154 valence electrons. The smallest absolute Gasteiger partial charge is 0.490 e. The van der Waals surface area contributed by atoms with E-state index < -0.39 is 16.8 Å². The van der Waals surface area contributed by atoms with Gasteiger partial charge in [0.1, 0.15) is 11.5 Å². The second-order valence-electron chi connectivity index (χ2n) is 5.97. The molecule has 0 saturated carbocycles. The van der Waals surface area contributed by atoms with Crippen molar-refractivity contribution in [3.63, 3.8) is 0 Å². The number of nitrogens with one attached hydrogen (secondary N) is 1. The Kier molecular flexibility index (Phi) is 6.33. The number of carbonyl (C=O) groups excluding carboxylic acids is 1. The van der Waals surface area contributed by atoms with Gasteiger partial charge in [0.15, 0.2) is 0 Å². The third kappa shape index (κ3) is 4.76. The van der Waals surface area contributed by atoms with Gasteiger partial charge in [-0.1, -0.05) is 17.1 Å². The van der Waals surface area contributed by atoms with E-state index in [0.29, 0.717) is 28.2 Å². The highest BCUT2D eigenvalue weighted by Gasteiger charge is 2.15. The van der Waals surface area contributed by atoms with Crippen LogP contribution in [0.3, 0.4) is 0 Å². The summed E-state index contributed by atoms with van der Waals surface area (Å²) in [6.45, 7) is 0.208. The van der Waals surface area contributed by atoms with Crippen LogP contribution in [0.15, 0.2) is 53.9 Å². The summed E-state index contributed by atoms with van der Waals surface area (Å²) in [6.07, 6.45) is 2.74. The van der Waals surface area contributed by atoms with Gasteiger partial charge in [0.25, 0.3) is 5.91 Å². The fraction of sp³-hybridized carbons (Fsp3) is 0.158. The van der Waals surface area contributed by atoms with Crippen molar-refractivity contribution in [1.82, 2.24) is 20.2 Å². The van der Waals surface area contributed by atoms with Crippen LogP contribution in [0, 0.1) is 10.1 Å². The second kappa shape index (κ2) is 9.28. The molecular weight excluding hydrogens is 392 g/mol. The number of hydrogen-bond acceptors (Lipinski definition) is 8. The number of carbonyl (C=O) groups is 1. The molecule has 0 aliphatic carbocycles. The van der Waals surface area contributed by atoms with E-state index in [9.17, 15) is 14.9 Å². The predicted octanol–water partition coefficient (Wildman–Crippen LogP) is 2.02. The summed E-state index contributed by atoms with van der Waals surface area (Å²) in [5, 5.41) is 18.5. The van der Waals surface area contributed by atoms with Crippen molar-refractivity contribution in [3.05, 3.63) is 75.6 Å². The summed E-state index contributed by atoms with van der Waals surface area (Å²) in [7, 11) is 3.00. The predicted molar refractivity (Wildman–Crippen MR) is 107 cm³/mol. The summed E-state index contributed by atoms with van der Waals surface area (Å²) in [6, 6.07) is 12.1. The Morgan fingerprint density at radius 2 is 2.00 bits per heavy atom. The molecule has 11 nitrogen and oxygen atoms in total. The summed E-state index contributed by atoms with van der Waals surface area (Å²) in [4.78, 5) is 26.0. The minimum absolute atomic E-state index is 0.208. The molecule has 2 aromatic carbocycles. The molecule has 1 heterocycles. The maximum atomic E-state index is 12.3. The number of hydrazone groups is 1. The van der Waals surface area contributed by atoms with E-state index in [1.807, 2.05) is 0 Å². The van der Waals surface area contributed by atoms with Crippen LogP contribution in [-0.4, -0.2) is 46.0 Å². The average molecular weight is 410 g/mol. The third-order valence-corrected chi connectivity index (χ3v) is 4.06. The van der Waals surface area contributed by atoms with Crippen molar-refractivity contribution in [3.8, 4) is 11.5 Å². The molecular formula is C19H18N6O5. The van der Waals surface area contributed by atoms with E-state index in [0.717, 1.165) is 0 Å². The van der Waals surface area contributed by atoms with Crippen molar-refractivity contribution >= 4 is 18.1 Å². The molecule has 0 radical (unpaired) electrons. The Morgan fingerprint density at radius 3 is 2.70 bits per heavy atom. The number of para-hydroxylation sites is 1. The molecule has 1 aromatic heterocycles. The van der Waals surface area contributed by atoms with Crippen molar-refractivity contribution in [1.29, 1.82) is 0 Å². The van der Waals surface area contributed by atoms with Gasteiger partial charge in [-0.3, -0.25) is 4.79 Å². The van der Waals surface area contributed by atoms with Crippen molar-refractivity contribution in [2.24, 2.45) is 5.10 Å². The second-order valence-corrected chi connectivity index (χ2v) is 5.97. The molecule has 0 aliphatic rings. The first-order valence-electron chi connectivity index (χ1n) is 8.69. The highest BCUT2D eigenvalue weighted by atomic mass is 16.6. The fourth-order valence-corrected chi connectivity index (χ4v) is 2.68. The van der Waals surface area contributed by atoms with Gasteiger partial charge in [-0.2, -0.15) is 9.78 Å². The molecule has 0 unspecified atom stereocenters. The van der Waals surface area contributed by atoms with Gasteiger partial charge in [0.05, 0.1) is 32.5 Å². The minimum Gasteiger partial charge on any atom is -0.496 e. The van der Waals surface area contributed by atoms with Crippen LogP contribution in [0.4, 0.5) is 5.95 Å². The molecule has 3 rings (SSSR count). The van der Waals surface area contributed by atoms with Crippen LogP contribution in [-0.2, 0) is 6.54 Å². The Labute approximate surface area is 171 Å². The maximum Gasteiger partial charge on any atom is 0.490 e. The van der Waals surface area contributed by atoms with Gasteiger partial charge in [-0.05, 0) is 40.8 Å². The molecule has 0 aliphatic heterocycles. The molecule has 0 bridgehead atoms. The Hall–Kier alpha value is -4.28. The Balaban J connectivity index is 1.73. The van der Waals surface area contributed by atoms with Crippen molar-refractivity contribution < 1.29 is 19.2 Å². The van der Waals surface area contributed by atoms with Gasteiger partial charge in [0.2, 0.25) is 6.33 Å². The summed E-state index contributed by atoms with van der Waals surface area (Å²) < 4.78 is 11.8. The standard InChI is InChI=1S/C19H18N6O5/c1-29-16-8-7-13(9-14(16)11-24-12-20-19(23-24)25(27)28)10-21-22-18(26)15-5-3-4-6-17(15)30-2/h3-10,12H,11H2,1-2H3,(H,22,26)/b21-10-. The van der Waals surface area contributed by atoms with Gasteiger partial charge in [-0.25, -0.2) is 5.43 Å². The number of rotatable bonds is 8. The maximum absolute atomic E-state index is 12.3. The average Bonchev–Trinajstić information content (AvgIpc) is 3.23. The number of benzene rings is 2. The quantitative estimate of drug-likeness (QED) is 0.341. The summed E-state index contributed by atoms with van der Waals surface area (Å²) in [5.74, 6) is 0.125. The third-order valence-electron chi connectivity index (χ3n) is 4.06. The van der Waals surface area contributed by atoms with E-state index in [1.54, 1.807) is 42.5 Å². The van der Waals surface area contributed by atoms with E-state index in [1.165, 1.54) is 31.4 Å². The highest BCUT2D eigenvalue weighted by Crippen LogP contribution is 2.21. The number of amides is 1. The normalized spacial score (nSPS) is 10.7. The van der Waals surface area contributed by atoms with Crippen LogP contribution >= 0.6 is 0 Å². The zero-order valence-electron chi connectivity index (χ0n) is 16.2. The molecule has 0 spiro atoms. The molecule has 0 saturated heterocycles. The lowest BCUT2D eigenvalue weighted by Gasteiger charge is -2.08. The molecule has 11 heteroatoms.